The lowest BCUT2D eigenvalue weighted by Gasteiger charge is -2.34. The Balaban J connectivity index is 2.77. The molecule has 2 atom stereocenters. The van der Waals surface area contributed by atoms with Crippen molar-refractivity contribution in [1.82, 2.24) is 0 Å². The van der Waals surface area contributed by atoms with Crippen molar-refractivity contribution in [2.75, 3.05) is 0 Å². The molecular weight excluding hydrogens is 242 g/mol. The summed E-state index contributed by atoms with van der Waals surface area (Å²) in [6.07, 6.45) is 5.84. The average molecular weight is 267 g/mol. The maximum atomic E-state index is 12.5. The van der Waals surface area contributed by atoms with Crippen LogP contribution in [-0.4, -0.2) is 18.0 Å². The van der Waals surface area contributed by atoms with Gasteiger partial charge in [-0.15, -0.1) is 0 Å². The molecule has 4 heteroatoms. The van der Waals surface area contributed by atoms with Crippen molar-refractivity contribution >= 4 is 11.9 Å². The van der Waals surface area contributed by atoms with Gasteiger partial charge in [0.05, 0.1) is 0 Å². The van der Waals surface area contributed by atoms with Crippen LogP contribution in [0.25, 0.3) is 0 Å². The smallest absolute Gasteiger partial charge is 0.405 e. The first-order chi connectivity index (χ1) is 8.65. The minimum Gasteiger partial charge on any atom is -0.442 e. The third kappa shape index (κ3) is 4.37. The summed E-state index contributed by atoms with van der Waals surface area (Å²) in [6, 6.07) is 0. The molecule has 0 aromatic heterocycles. The van der Waals surface area contributed by atoms with E-state index in [1.165, 1.54) is 0 Å². The Morgan fingerprint density at radius 2 is 2.00 bits per heavy atom. The molecule has 0 heterocycles. The molecule has 0 radical (unpaired) electrons. The van der Waals surface area contributed by atoms with Crippen LogP contribution in [-0.2, 0) is 9.53 Å². The van der Waals surface area contributed by atoms with E-state index in [1.54, 1.807) is 0 Å². The fraction of sp³-hybridized carbons (Fsp3) is 0.733. The number of carbonyl (C=O) groups excluding carboxylic acids is 2. The zero-order valence-electron chi connectivity index (χ0n) is 12.4. The molecule has 0 aromatic carbocycles. The maximum Gasteiger partial charge on any atom is 0.405 e. The van der Waals surface area contributed by atoms with E-state index in [0.717, 1.165) is 12.8 Å². The van der Waals surface area contributed by atoms with Crippen LogP contribution in [0.1, 0.15) is 53.4 Å². The minimum atomic E-state index is -0.747. The number of Topliss-reactive ketones (excluding diaryl/α,β-unsaturated/α-hetero) is 1. The van der Waals surface area contributed by atoms with E-state index in [-0.39, 0.29) is 16.9 Å². The Bertz CT molecular complexity index is 381. The number of rotatable bonds is 2. The Morgan fingerprint density at radius 1 is 1.37 bits per heavy atom. The molecule has 19 heavy (non-hydrogen) atoms. The van der Waals surface area contributed by atoms with Gasteiger partial charge in [-0.25, -0.2) is 4.79 Å². The molecule has 0 bridgehead atoms. The topological polar surface area (TPSA) is 69.4 Å². The molecule has 4 nitrogen and oxygen atoms in total. The highest BCUT2D eigenvalue weighted by Gasteiger charge is 2.39. The molecule has 0 spiro atoms. The van der Waals surface area contributed by atoms with Gasteiger partial charge in [-0.2, -0.15) is 0 Å². The fourth-order valence-corrected chi connectivity index (χ4v) is 2.73. The summed E-state index contributed by atoms with van der Waals surface area (Å²) in [4.78, 5) is 23.3. The number of amides is 1. The summed E-state index contributed by atoms with van der Waals surface area (Å²) in [6.45, 7) is 7.91. The average Bonchev–Trinajstić information content (AvgIpc) is 2.23. The van der Waals surface area contributed by atoms with E-state index >= 15 is 0 Å². The third-order valence-electron chi connectivity index (χ3n) is 3.63. The Kier molecular flexibility index (Phi) is 4.77. The monoisotopic (exact) mass is 267 g/mol. The van der Waals surface area contributed by atoms with Crippen molar-refractivity contribution in [1.29, 1.82) is 0 Å². The fourth-order valence-electron chi connectivity index (χ4n) is 2.73. The maximum absolute atomic E-state index is 12.5. The lowest BCUT2D eigenvalue weighted by atomic mass is 9.68. The summed E-state index contributed by atoms with van der Waals surface area (Å²) in [7, 11) is 0. The van der Waals surface area contributed by atoms with Crippen molar-refractivity contribution in [3.63, 3.8) is 0 Å². The Hall–Kier alpha value is -1.32. The molecule has 2 unspecified atom stereocenters. The zero-order valence-corrected chi connectivity index (χ0v) is 12.4. The van der Waals surface area contributed by atoms with Gasteiger partial charge in [0.2, 0.25) is 0 Å². The first-order valence-corrected chi connectivity index (χ1v) is 6.83. The van der Waals surface area contributed by atoms with Crippen molar-refractivity contribution in [2.45, 2.75) is 59.5 Å². The van der Waals surface area contributed by atoms with Gasteiger partial charge in [0.25, 0.3) is 0 Å². The quantitative estimate of drug-likeness (QED) is 0.781. The predicted molar refractivity (Wildman–Crippen MR) is 74.6 cm³/mol. The van der Waals surface area contributed by atoms with Crippen molar-refractivity contribution in [2.24, 2.45) is 16.6 Å². The molecule has 1 aliphatic carbocycles. The molecule has 0 fully saturated rings. The number of hydrogen-bond acceptors (Lipinski definition) is 3. The Morgan fingerprint density at radius 3 is 2.53 bits per heavy atom. The number of primary amides is 1. The standard InChI is InChI=1S/C15H25NO3/c1-14(2,3)12(17)15(4)9-5-7-11(8-6-10-15)19-13(16)18/h5,7,11H,6,8-10H2,1-4H3,(H2,16,18)/b7-5+. The van der Waals surface area contributed by atoms with Crippen LogP contribution >= 0.6 is 0 Å². The third-order valence-corrected chi connectivity index (χ3v) is 3.63. The van der Waals surface area contributed by atoms with Gasteiger partial charge < -0.3 is 10.5 Å². The molecule has 0 aliphatic heterocycles. The SMILES string of the molecule is CC(C)(C)C(=O)C1(C)C/C=C/C(OC(N)=O)CCC1. The van der Waals surface area contributed by atoms with Crippen molar-refractivity contribution in [3.8, 4) is 0 Å². The number of carbonyl (C=O) groups is 2. The van der Waals surface area contributed by atoms with E-state index in [1.807, 2.05) is 39.8 Å². The number of hydrogen-bond donors (Lipinski definition) is 1. The van der Waals surface area contributed by atoms with Gasteiger partial charge >= 0.3 is 6.09 Å². The number of ether oxygens (including phenoxy) is 1. The van der Waals surface area contributed by atoms with Crippen LogP contribution in [0.3, 0.4) is 0 Å². The summed E-state index contributed by atoms with van der Waals surface area (Å²) in [5.41, 5.74) is 4.37. The van der Waals surface area contributed by atoms with Crippen LogP contribution < -0.4 is 5.73 Å². The van der Waals surface area contributed by atoms with Crippen LogP contribution in [0.4, 0.5) is 4.79 Å². The number of ketones is 1. The summed E-state index contributed by atoms with van der Waals surface area (Å²) < 4.78 is 4.99. The van der Waals surface area contributed by atoms with Gasteiger partial charge in [0.1, 0.15) is 11.9 Å². The van der Waals surface area contributed by atoms with E-state index in [0.29, 0.717) is 18.6 Å². The minimum absolute atomic E-state index is 0.258. The normalized spacial score (nSPS) is 30.0. The van der Waals surface area contributed by atoms with Gasteiger partial charge in [-0.3, -0.25) is 4.79 Å². The first kappa shape index (κ1) is 15.7. The molecule has 0 aromatic rings. The highest BCUT2D eigenvalue weighted by molar-refractivity contribution is 5.89. The van der Waals surface area contributed by atoms with Crippen molar-refractivity contribution < 1.29 is 14.3 Å². The van der Waals surface area contributed by atoms with Crippen LogP contribution in [0.15, 0.2) is 12.2 Å². The lowest BCUT2D eigenvalue weighted by Crippen LogP contribution is -2.37. The van der Waals surface area contributed by atoms with E-state index in [9.17, 15) is 9.59 Å². The molecule has 1 aliphatic rings. The molecule has 108 valence electrons. The van der Waals surface area contributed by atoms with Crippen LogP contribution in [0.2, 0.25) is 0 Å². The second kappa shape index (κ2) is 5.76. The molecular formula is C15H25NO3. The predicted octanol–water partition coefficient (Wildman–Crippen LogP) is 3.20. The summed E-state index contributed by atoms with van der Waals surface area (Å²) in [5.74, 6) is 0.291. The highest BCUT2D eigenvalue weighted by Crippen LogP contribution is 2.38. The van der Waals surface area contributed by atoms with Gasteiger partial charge in [-0.05, 0) is 31.8 Å². The molecule has 0 saturated carbocycles. The van der Waals surface area contributed by atoms with E-state index in [2.05, 4.69) is 0 Å². The molecule has 0 saturated heterocycles. The van der Waals surface area contributed by atoms with Crippen molar-refractivity contribution in [3.05, 3.63) is 12.2 Å². The Labute approximate surface area is 115 Å². The molecule has 2 N–H and O–H groups in total. The van der Waals surface area contributed by atoms with Crippen LogP contribution in [0, 0.1) is 10.8 Å². The van der Waals surface area contributed by atoms with Gasteiger partial charge in [0.15, 0.2) is 0 Å². The van der Waals surface area contributed by atoms with Gasteiger partial charge in [0, 0.05) is 10.8 Å². The second-order valence-electron chi connectivity index (χ2n) is 6.64. The second-order valence-corrected chi connectivity index (χ2v) is 6.64. The lowest BCUT2D eigenvalue weighted by molar-refractivity contribution is -0.136. The molecule has 1 rings (SSSR count). The zero-order chi connectivity index (χ0) is 14.7. The van der Waals surface area contributed by atoms with Gasteiger partial charge in [-0.1, -0.05) is 33.8 Å². The first-order valence-electron chi connectivity index (χ1n) is 6.83. The molecule has 1 amide bonds. The van der Waals surface area contributed by atoms with E-state index < -0.39 is 6.09 Å². The summed E-state index contributed by atoms with van der Waals surface area (Å²) >= 11 is 0. The summed E-state index contributed by atoms with van der Waals surface area (Å²) in [5, 5.41) is 0. The van der Waals surface area contributed by atoms with E-state index in [4.69, 9.17) is 10.5 Å². The number of allylic oxidation sites excluding steroid dienone is 1. The highest BCUT2D eigenvalue weighted by atomic mass is 16.6. The largest absolute Gasteiger partial charge is 0.442 e. The van der Waals surface area contributed by atoms with Crippen LogP contribution in [0.5, 0.6) is 0 Å². The number of nitrogens with two attached hydrogens (primary N) is 1.